The Morgan fingerprint density at radius 1 is 1.44 bits per heavy atom. The first-order valence-electron chi connectivity index (χ1n) is 8.09. The van der Waals surface area contributed by atoms with E-state index in [2.05, 4.69) is 60.1 Å². The summed E-state index contributed by atoms with van der Waals surface area (Å²) in [6, 6.07) is 2.01. The molecule has 1 aromatic rings. The first kappa shape index (κ1) is 23.0. The standard InChI is InChI=1S/C17H28BrN2O2S2Si/c1-11-8-12(23-5)15(20-14(21)9-18)16(19-11)24-10-13(17(2,3)4)22-25(6)7/h8,13H,9-10H2,1-7H3,(H,20,21). The predicted molar refractivity (Wildman–Crippen MR) is 116 cm³/mol. The monoisotopic (exact) mass is 463 g/mol. The minimum absolute atomic E-state index is 0.0559. The second kappa shape index (κ2) is 10.3. The lowest BCUT2D eigenvalue weighted by Gasteiger charge is -2.32. The number of hydrogen-bond acceptors (Lipinski definition) is 5. The number of anilines is 1. The van der Waals surface area contributed by atoms with Gasteiger partial charge in [0.25, 0.3) is 0 Å². The lowest BCUT2D eigenvalue weighted by Crippen LogP contribution is -2.35. The maximum atomic E-state index is 11.9. The molecule has 25 heavy (non-hydrogen) atoms. The van der Waals surface area contributed by atoms with Gasteiger partial charge in [-0.15, -0.1) is 23.5 Å². The van der Waals surface area contributed by atoms with Crippen molar-refractivity contribution >= 4 is 60.1 Å². The number of carbonyl (C=O) groups excluding carboxylic acids is 1. The van der Waals surface area contributed by atoms with Gasteiger partial charge in [0.1, 0.15) is 5.03 Å². The molecule has 1 amide bonds. The molecule has 0 aliphatic heterocycles. The van der Waals surface area contributed by atoms with E-state index in [-0.39, 0.29) is 22.8 Å². The van der Waals surface area contributed by atoms with Crippen LogP contribution in [0, 0.1) is 12.3 Å². The van der Waals surface area contributed by atoms with E-state index in [1.807, 2.05) is 19.2 Å². The van der Waals surface area contributed by atoms with Crippen molar-refractivity contribution in [1.82, 2.24) is 4.98 Å². The average Bonchev–Trinajstić information content (AvgIpc) is 2.51. The van der Waals surface area contributed by atoms with Crippen LogP contribution in [0.3, 0.4) is 0 Å². The van der Waals surface area contributed by atoms with Crippen molar-refractivity contribution in [2.45, 2.75) is 56.8 Å². The van der Waals surface area contributed by atoms with Gasteiger partial charge in [-0.1, -0.05) is 36.7 Å². The molecular weight excluding hydrogens is 436 g/mol. The van der Waals surface area contributed by atoms with Crippen LogP contribution in [-0.2, 0) is 9.22 Å². The van der Waals surface area contributed by atoms with Crippen LogP contribution in [0.4, 0.5) is 5.69 Å². The summed E-state index contributed by atoms with van der Waals surface area (Å²) in [4.78, 5) is 17.6. The van der Waals surface area contributed by atoms with Gasteiger partial charge in [0, 0.05) is 16.3 Å². The van der Waals surface area contributed by atoms with E-state index in [9.17, 15) is 4.79 Å². The van der Waals surface area contributed by atoms with Crippen LogP contribution in [0.2, 0.25) is 13.1 Å². The van der Waals surface area contributed by atoms with E-state index >= 15 is 0 Å². The summed E-state index contributed by atoms with van der Waals surface area (Å²) in [5.74, 6) is 0.736. The van der Waals surface area contributed by atoms with E-state index in [1.165, 1.54) is 0 Å². The number of nitrogens with one attached hydrogen (secondary N) is 1. The highest BCUT2D eigenvalue weighted by atomic mass is 79.9. The molecule has 0 aromatic carbocycles. The quantitative estimate of drug-likeness (QED) is 0.325. The lowest BCUT2D eigenvalue weighted by atomic mass is 9.90. The third-order valence-electron chi connectivity index (χ3n) is 3.40. The second-order valence-electron chi connectivity index (χ2n) is 7.02. The number of alkyl halides is 1. The first-order chi connectivity index (χ1) is 11.6. The highest BCUT2D eigenvalue weighted by Crippen LogP contribution is 2.37. The molecule has 0 fully saturated rings. The molecular formula is C17H28BrN2O2S2Si. The van der Waals surface area contributed by atoms with Gasteiger partial charge in [-0.3, -0.25) is 4.79 Å². The average molecular weight is 465 g/mol. The van der Waals surface area contributed by atoms with Crippen molar-refractivity contribution in [3.8, 4) is 0 Å². The number of carbonyl (C=O) groups is 1. The van der Waals surface area contributed by atoms with Crippen LogP contribution < -0.4 is 5.32 Å². The SMILES string of the molecule is CSc1cc(C)nc(SCC(O[Si](C)C)C(C)(C)C)c1NC(=O)CBr. The molecule has 1 rings (SSSR count). The summed E-state index contributed by atoms with van der Waals surface area (Å²) in [6.07, 6.45) is 2.15. The number of aromatic nitrogens is 1. The van der Waals surface area contributed by atoms with Crippen molar-refractivity contribution in [2.24, 2.45) is 5.41 Å². The van der Waals surface area contributed by atoms with Crippen molar-refractivity contribution in [3.63, 3.8) is 0 Å². The minimum Gasteiger partial charge on any atom is -0.413 e. The molecule has 4 nitrogen and oxygen atoms in total. The smallest absolute Gasteiger partial charge is 0.235 e. The molecule has 0 aliphatic rings. The van der Waals surface area contributed by atoms with E-state index < -0.39 is 9.04 Å². The van der Waals surface area contributed by atoms with Crippen LogP contribution in [0.15, 0.2) is 16.0 Å². The molecule has 1 radical (unpaired) electrons. The Hall–Kier alpha value is -0.0231. The number of thioether (sulfide) groups is 2. The topological polar surface area (TPSA) is 51.2 Å². The molecule has 1 unspecified atom stereocenters. The van der Waals surface area contributed by atoms with Gasteiger partial charge in [0.05, 0.1) is 17.1 Å². The second-order valence-corrected chi connectivity index (χ2v) is 11.5. The molecule has 1 heterocycles. The van der Waals surface area contributed by atoms with Gasteiger partial charge < -0.3 is 9.74 Å². The molecule has 0 saturated carbocycles. The number of amides is 1. The van der Waals surface area contributed by atoms with E-state index in [0.29, 0.717) is 0 Å². The fourth-order valence-electron chi connectivity index (χ4n) is 2.07. The van der Waals surface area contributed by atoms with Gasteiger partial charge >= 0.3 is 0 Å². The number of pyridine rings is 1. The van der Waals surface area contributed by atoms with Crippen molar-refractivity contribution in [3.05, 3.63) is 11.8 Å². The summed E-state index contributed by atoms with van der Waals surface area (Å²) >= 11 is 6.48. The summed E-state index contributed by atoms with van der Waals surface area (Å²) < 4.78 is 6.22. The maximum Gasteiger partial charge on any atom is 0.235 e. The van der Waals surface area contributed by atoms with Crippen molar-refractivity contribution in [1.29, 1.82) is 0 Å². The Bertz CT molecular complexity index is 595. The van der Waals surface area contributed by atoms with Gasteiger partial charge in [-0.25, -0.2) is 4.98 Å². The zero-order valence-corrected chi connectivity index (χ0v) is 20.2. The molecule has 0 aliphatic carbocycles. The van der Waals surface area contributed by atoms with Crippen LogP contribution in [0.25, 0.3) is 0 Å². The Kier molecular flexibility index (Phi) is 9.53. The van der Waals surface area contributed by atoms with Crippen LogP contribution in [0.5, 0.6) is 0 Å². The van der Waals surface area contributed by atoms with Crippen molar-refractivity contribution < 1.29 is 9.22 Å². The Balaban J connectivity index is 3.09. The summed E-state index contributed by atoms with van der Waals surface area (Å²) in [5, 5.41) is 4.11. The highest BCUT2D eigenvalue weighted by Gasteiger charge is 2.27. The molecule has 141 valence electrons. The van der Waals surface area contributed by atoms with E-state index in [0.717, 1.165) is 27.1 Å². The molecule has 0 saturated heterocycles. The third-order valence-corrected chi connectivity index (χ3v) is 6.46. The normalized spacial score (nSPS) is 13.2. The zero-order valence-electron chi connectivity index (χ0n) is 16.0. The first-order valence-corrected chi connectivity index (χ1v) is 13.8. The zero-order chi connectivity index (χ0) is 19.2. The fourth-order valence-corrected chi connectivity index (χ4v) is 5.43. The van der Waals surface area contributed by atoms with Crippen molar-refractivity contribution in [2.75, 3.05) is 22.7 Å². The van der Waals surface area contributed by atoms with Crippen LogP contribution in [-0.4, -0.2) is 43.4 Å². The maximum absolute atomic E-state index is 11.9. The molecule has 0 spiro atoms. The number of halogens is 1. The predicted octanol–water partition coefficient (Wildman–Crippen LogP) is 5.22. The van der Waals surface area contributed by atoms with Gasteiger partial charge in [-0.2, -0.15) is 0 Å². The van der Waals surface area contributed by atoms with Crippen LogP contribution >= 0.6 is 39.5 Å². The minimum atomic E-state index is -0.786. The molecule has 1 N–H and O–H groups in total. The number of hydrogen-bond donors (Lipinski definition) is 1. The van der Waals surface area contributed by atoms with Gasteiger partial charge in [-0.05, 0) is 37.8 Å². The number of aryl methyl sites for hydroxylation is 1. The van der Waals surface area contributed by atoms with E-state index in [4.69, 9.17) is 4.43 Å². The molecule has 1 atom stereocenters. The Morgan fingerprint density at radius 3 is 2.56 bits per heavy atom. The summed E-state index contributed by atoms with van der Waals surface area (Å²) in [6.45, 7) is 12.9. The summed E-state index contributed by atoms with van der Waals surface area (Å²) in [5.41, 5.74) is 1.81. The van der Waals surface area contributed by atoms with Gasteiger partial charge in [0.15, 0.2) is 0 Å². The highest BCUT2D eigenvalue weighted by molar-refractivity contribution is 9.09. The van der Waals surface area contributed by atoms with E-state index in [1.54, 1.807) is 23.5 Å². The fraction of sp³-hybridized carbons (Fsp3) is 0.647. The molecule has 8 heteroatoms. The Labute approximate surface area is 170 Å². The summed E-state index contributed by atoms with van der Waals surface area (Å²) in [7, 11) is -0.786. The third kappa shape index (κ3) is 7.62. The molecule has 1 aromatic heterocycles. The van der Waals surface area contributed by atoms with Gasteiger partial charge in [0.2, 0.25) is 14.9 Å². The molecule has 0 bridgehead atoms. The Morgan fingerprint density at radius 2 is 2.08 bits per heavy atom. The number of rotatable bonds is 8. The lowest BCUT2D eigenvalue weighted by molar-refractivity contribution is -0.113. The number of nitrogens with zero attached hydrogens (tertiary/aromatic N) is 1. The van der Waals surface area contributed by atoms with Crippen LogP contribution in [0.1, 0.15) is 26.5 Å². The largest absolute Gasteiger partial charge is 0.413 e.